The average molecular weight is 261 g/mol. The molecule has 0 bridgehead atoms. The highest BCUT2D eigenvalue weighted by atomic mass is 35.5. The first kappa shape index (κ1) is 13.8. The van der Waals surface area contributed by atoms with Crippen molar-refractivity contribution >= 4 is 24.0 Å². The van der Waals surface area contributed by atoms with Gasteiger partial charge in [-0.15, -0.1) is 12.4 Å². The Morgan fingerprint density at radius 1 is 1.71 bits per heavy atom. The number of hydrogen-bond acceptors (Lipinski definition) is 4. The van der Waals surface area contributed by atoms with E-state index in [2.05, 4.69) is 10.4 Å². The number of hydrogen-bond donors (Lipinski definition) is 2. The van der Waals surface area contributed by atoms with E-state index in [1.54, 1.807) is 6.20 Å². The van der Waals surface area contributed by atoms with E-state index in [0.29, 0.717) is 12.2 Å². The van der Waals surface area contributed by atoms with Crippen LogP contribution in [0.25, 0.3) is 0 Å². The zero-order valence-corrected chi connectivity index (χ0v) is 10.3. The fourth-order valence-electron chi connectivity index (χ4n) is 1.70. The van der Waals surface area contributed by atoms with Crippen LogP contribution in [0.2, 0.25) is 0 Å². The molecular formula is C10H17ClN4O2. The van der Waals surface area contributed by atoms with Gasteiger partial charge in [-0.25, -0.2) is 0 Å². The lowest BCUT2D eigenvalue weighted by atomic mass is 10.2. The lowest BCUT2D eigenvalue weighted by molar-refractivity contribution is -0.122. The van der Waals surface area contributed by atoms with Crippen LogP contribution >= 0.6 is 12.4 Å². The summed E-state index contributed by atoms with van der Waals surface area (Å²) in [5, 5.41) is 6.75. The fourth-order valence-corrected chi connectivity index (χ4v) is 1.70. The molecule has 1 aromatic rings. The molecule has 1 fully saturated rings. The summed E-state index contributed by atoms with van der Waals surface area (Å²) in [5.74, 6) is -0.0707. The standard InChI is InChI=1S/C10H16N4O2.ClH/c11-8-4-13-14(6-8)7-10(15)12-5-9-2-1-3-16-9;/h4,6,9H,1-3,5,7,11H2,(H,12,15);1H. The quantitative estimate of drug-likeness (QED) is 0.809. The molecule has 2 heterocycles. The summed E-state index contributed by atoms with van der Waals surface area (Å²) in [6.07, 6.45) is 5.43. The topological polar surface area (TPSA) is 82.2 Å². The molecule has 1 atom stereocenters. The number of carbonyl (C=O) groups excluding carboxylic acids is 1. The van der Waals surface area contributed by atoms with Gasteiger partial charge in [-0.2, -0.15) is 5.10 Å². The molecule has 17 heavy (non-hydrogen) atoms. The lowest BCUT2D eigenvalue weighted by Gasteiger charge is -2.10. The lowest BCUT2D eigenvalue weighted by Crippen LogP contribution is -2.34. The summed E-state index contributed by atoms with van der Waals surface area (Å²) >= 11 is 0. The summed E-state index contributed by atoms with van der Waals surface area (Å²) in [7, 11) is 0. The minimum atomic E-state index is -0.0707. The van der Waals surface area contributed by atoms with Crippen LogP contribution in [0, 0.1) is 0 Å². The van der Waals surface area contributed by atoms with E-state index in [1.807, 2.05) is 0 Å². The molecule has 1 aliphatic rings. The van der Waals surface area contributed by atoms with E-state index in [4.69, 9.17) is 10.5 Å². The summed E-state index contributed by atoms with van der Waals surface area (Å²) in [6.45, 7) is 1.58. The van der Waals surface area contributed by atoms with Crippen LogP contribution in [0.15, 0.2) is 12.4 Å². The Balaban J connectivity index is 0.00000144. The third kappa shape index (κ3) is 4.24. The second-order valence-corrected chi connectivity index (χ2v) is 3.91. The van der Waals surface area contributed by atoms with Gasteiger partial charge in [-0.3, -0.25) is 9.48 Å². The van der Waals surface area contributed by atoms with Crippen LogP contribution in [-0.2, 0) is 16.1 Å². The van der Waals surface area contributed by atoms with E-state index < -0.39 is 0 Å². The second kappa shape index (κ2) is 6.46. The normalized spacial score (nSPS) is 18.7. The Hall–Kier alpha value is -1.27. The van der Waals surface area contributed by atoms with Crippen molar-refractivity contribution in [3.05, 3.63) is 12.4 Å². The number of nitrogens with zero attached hydrogens (tertiary/aromatic N) is 2. The zero-order valence-electron chi connectivity index (χ0n) is 9.46. The second-order valence-electron chi connectivity index (χ2n) is 3.91. The first-order valence-corrected chi connectivity index (χ1v) is 5.40. The number of halogens is 1. The number of aromatic nitrogens is 2. The van der Waals surface area contributed by atoms with Gasteiger partial charge in [-0.1, -0.05) is 0 Å². The number of nitrogen functional groups attached to an aromatic ring is 1. The van der Waals surface area contributed by atoms with Gasteiger partial charge in [-0.05, 0) is 12.8 Å². The van der Waals surface area contributed by atoms with Crippen molar-refractivity contribution in [2.45, 2.75) is 25.5 Å². The summed E-state index contributed by atoms with van der Waals surface area (Å²) in [4.78, 5) is 11.5. The maximum Gasteiger partial charge on any atom is 0.241 e. The molecule has 6 nitrogen and oxygen atoms in total. The molecule has 3 N–H and O–H groups in total. The van der Waals surface area contributed by atoms with E-state index in [-0.39, 0.29) is 31.0 Å². The zero-order chi connectivity index (χ0) is 11.4. The van der Waals surface area contributed by atoms with Gasteiger partial charge in [0.15, 0.2) is 0 Å². The SMILES string of the molecule is Cl.Nc1cnn(CC(=O)NCC2CCCO2)c1. The number of rotatable bonds is 4. The highest BCUT2D eigenvalue weighted by Crippen LogP contribution is 2.10. The molecule has 2 rings (SSSR count). The molecular weight excluding hydrogens is 244 g/mol. The summed E-state index contributed by atoms with van der Waals surface area (Å²) < 4.78 is 6.91. The number of nitrogens with two attached hydrogens (primary N) is 1. The Kier molecular flexibility index (Phi) is 5.24. The summed E-state index contributed by atoms with van der Waals surface area (Å²) in [6, 6.07) is 0. The number of amides is 1. The Morgan fingerprint density at radius 2 is 2.53 bits per heavy atom. The maximum atomic E-state index is 11.5. The van der Waals surface area contributed by atoms with Gasteiger partial charge >= 0.3 is 0 Å². The molecule has 1 aromatic heterocycles. The van der Waals surface area contributed by atoms with Crippen LogP contribution in [0.3, 0.4) is 0 Å². The summed E-state index contributed by atoms with van der Waals surface area (Å²) in [5.41, 5.74) is 6.05. The Bertz CT molecular complexity index is 363. The fraction of sp³-hybridized carbons (Fsp3) is 0.600. The van der Waals surface area contributed by atoms with Gasteiger partial charge in [0.2, 0.25) is 5.91 Å². The monoisotopic (exact) mass is 260 g/mol. The number of carbonyl (C=O) groups is 1. The molecule has 0 saturated carbocycles. The average Bonchev–Trinajstić information content (AvgIpc) is 2.87. The van der Waals surface area contributed by atoms with Crippen LogP contribution in [0.1, 0.15) is 12.8 Å². The minimum absolute atomic E-state index is 0. The molecule has 96 valence electrons. The number of ether oxygens (including phenoxy) is 1. The van der Waals surface area contributed by atoms with Crippen LogP contribution < -0.4 is 11.1 Å². The molecule has 7 heteroatoms. The predicted molar refractivity (Wildman–Crippen MR) is 65.9 cm³/mol. The number of nitrogens with one attached hydrogen (secondary N) is 1. The van der Waals surface area contributed by atoms with E-state index >= 15 is 0 Å². The van der Waals surface area contributed by atoms with Gasteiger partial charge in [0, 0.05) is 19.3 Å². The predicted octanol–water partition coefficient (Wildman–Crippen LogP) is 0.182. The van der Waals surface area contributed by atoms with Crippen LogP contribution in [0.5, 0.6) is 0 Å². The minimum Gasteiger partial charge on any atom is -0.396 e. The Morgan fingerprint density at radius 3 is 3.12 bits per heavy atom. The molecule has 0 radical (unpaired) electrons. The van der Waals surface area contributed by atoms with Gasteiger partial charge in [0.25, 0.3) is 0 Å². The van der Waals surface area contributed by atoms with Crippen molar-refractivity contribution in [2.24, 2.45) is 0 Å². The highest BCUT2D eigenvalue weighted by Gasteiger charge is 2.16. The molecule has 1 aliphatic heterocycles. The van der Waals surface area contributed by atoms with E-state index in [9.17, 15) is 4.79 Å². The van der Waals surface area contributed by atoms with Gasteiger partial charge in [0.1, 0.15) is 6.54 Å². The molecule has 0 aliphatic carbocycles. The van der Waals surface area contributed by atoms with Crippen molar-refractivity contribution in [2.75, 3.05) is 18.9 Å². The van der Waals surface area contributed by atoms with Gasteiger partial charge in [0.05, 0.1) is 18.0 Å². The van der Waals surface area contributed by atoms with E-state index in [1.165, 1.54) is 10.9 Å². The van der Waals surface area contributed by atoms with Crippen molar-refractivity contribution in [1.29, 1.82) is 0 Å². The highest BCUT2D eigenvalue weighted by molar-refractivity contribution is 5.85. The molecule has 1 amide bonds. The van der Waals surface area contributed by atoms with Crippen LogP contribution in [0.4, 0.5) is 5.69 Å². The van der Waals surface area contributed by atoms with Crippen LogP contribution in [-0.4, -0.2) is 34.9 Å². The largest absolute Gasteiger partial charge is 0.396 e. The number of anilines is 1. The van der Waals surface area contributed by atoms with Crippen molar-refractivity contribution in [1.82, 2.24) is 15.1 Å². The van der Waals surface area contributed by atoms with Crippen molar-refractivity contribution in [3.8, 4) is 0 Å². The smallest absolute Gasteiger partial charge is 0.241 e. The maximum absolute atomic E-state index is 11.5. The molecule has 0 aromatic carbocycles. The van der Waals surface area contributed by atoms with Crippen molar-refractivity contribution < 1.29 is 9.53 Å². The van der Waals surface area contributed by atoms with Gasteiger partial charge < -0.3 is 15.8 Å². The molecule has 1 saturated heterocycles. The molecule has 1 unspecified atom stereocenters. The first-order valence-electron chi connectivity index (χ1n) is 5.40. The molecule has 0 spiro atoms. The Labute approximate surface area is 106 Å². The third-order valence-electron chi connectivity index (χ3n) is 2.51. The van der Waals surface area contributed by atoms with Crippen molar-refractivity contribution in [3.63, 3.8) is 0 Å². The third-order valence-corrected chi connectivity index (χ3v) is 2.51. The van der Waals surface area contributed by atoms with E-state index in [0.717, 1.165) is 19.4 Å². The first-order chi connectivity index (χ1) is 7.74.